The highest BCUT2D eigenvalue weighted by Gasteiger charge is 2.27. The van der Waals surface area contributed by atoms with Gasteiger partial charge in [0.1, 0.15) is 22.2 Å². The molecule has 0 radical (unpaired) electrons. The van der Waals surface area contributed by atoms with Gasteiger partial charge in [0, 0.05) is 23.7 Å². The van der Waals surface area contributed by atoms with E-state index in [0.29, 0.717) is 27.6 Å². The first-order valence-electron chi connectivity index (χ1n) is 10.2. The molecule has 2 aromatic rings. The van der Waals surface area contributed by atoms with Crippen LogP contribution in [0.15, 0.2) is 11.1 Å². The molecule has 1 atom stereocenters. The number of thiophene rings is 1. The fraction of sp³-hybridized carbons (Fsp3) is 0.455. The molecule has 8 heteroatoms. The van der Waals surface area contributed by atoms with Gasteiger partial charge < -0.3 is 10.2 Å². The van der Waals surface area contributed by atoms with Gasteiger partial charge in [0.2, 0.25) is 5.91 Å². The van der Waals surface area contributed by atoms with Gasteiger partial charge in [-0.15, -0.1) is 11.3 Å². The van der Waals surface area contributed by atoms with Crippen molar-refractivity contribution in [2.45, 2.75) is 55.8 Å². The van der Waals surface area contributed by atoms with E-state index in [-0.39, 0.29) is 11.2 Å². The number of amides is 1. The number of fused-ring (bicyclic) bond motifs is 2. The summed E-state index contributed by atoms with van der Waals surface area (Å²) in [5.41, 5.74) is 4.42. The summed E-state index contributed by atoms with van der Waals surface area (Å²) < 4.78 is 0. The maximum Gasteiger partial charge on any atom is 0.238 e. The minimum atomic E-state index is -0.377. The second-order valence-electron chi connectivity index (χ2n) is 7.72. The highest BCUT2D eigenvalue weighted by atomic mass is 32.2. The number of nitrogens with zero attached hydrogens (tertiary/aromatic N) is 4. The van der Waals surface area contributed by atoms with Crippen LogP contribution in [0.4, 0.5) is 5.00 Å². The van der Waals surface area contributed by atoms with Gasteiger partial charge in [-0.1, -0.05) is 18.7 Å². The SMILES string of the molecule is CCC(Sc1nc2c(cc1C#N)CCC2)C(=O)Nc1sc2c(c1C#N)CCN(C)C2. The Morgan fingerprint density at radius 1 is 1.37 bits per heavy atom. The summed E-state index contributed by atoms with van der Waals surface area (Å²) in [6, 6.07) is 6.46. The monoisotopic (exact) mass is 437 g/mol. The van der Waals surface area contributed by atoms with Crippen LogP contribution in [-0.2, 0) is 30.6 Å². The fourth-order valence-electron chi connectivity index (χ4n) is 4.01. The lowest BCUT2D eigenvalue weighted by Crippen LogP contribution is -2.25. The molecule has 0 fully saturated rings. The van der Waals surface area contributed by atoms with E-state index >= 15 is 0 Å². The molecule has 1 N–H and O–H groups in total. The van der Waals surface area contributed by atoms with Crippen LogP contribution in [0, 0.1) is 22.7 Å². The summed E-state index contributed by atoms with van der Waals surface area (Å²) in [6.45, 7) is 3.68. The van der Waals surface area contributed by atoms with Crippen LogP contribution in [0.25, 0.3) is 0 Å². The molecule has 2 aromatic heterocycles. The van der Waals surface area contributed by atoms with Crippen LogP contribution in [0.2, 0.25) is 0 Å². The second kappa shape index (κ2) is 8.77. The number of pyridine rings is 1. The third-order valence-electron chi connectivity index (χ3n) is 5.65. The summed E-state index contributed by atoms with van der Waals surface area (Å²) >= 11 is 2.85. The van der Waals surface area contributed by atoms with Crippen LogP contribution < -0.4 is 5.32 Å². The molecule has 0 bridgehead atoms. The molecule has 2 aliphatic rings. The van der Waals surface area contributed by atoms with Gasteiger partial charge in [0.15, 0.2) is 0 Å². The molecule has 1 amide bonds. The zero-order valence-electron chi connectivity index (χ0n) is 17.1. The lowest BCUT2D eigenvalue weighted by Gasteiger charge is -2.21. The van der Waals surface area contributed by atoms with Crippen molar-refractivity contribution in [2.75, 3.05) is 18.9 Å². The van der Waals surface area contributed by atoms with Crippen molar-refractivity contribution in [3.05, 3.63) is 38.9 Å². The average Bonchev–Trinajstić information content (AvgIpc) is 3.33. The molecular formula is C22H23N5OS2. The van der Waals surface area contributed by atoms with E-state index in [1.54, 1.807) is 0 Å². The molecular weight excluding hydrogens is 414 g/mol. The fourth-order valence-corrected chi connectivity index (χ4v) is 6.29. The number of nitrogens with one attached hydrogen (secondary N) is 1. The van der Waals surface area contributed by atoms with E-state index < -0.39 is 0 Å². The van der Waals surface area contributed by atoms with Gasteiger partial charge in [0.05, 0.1) is 16.4 Å². The quantitative estimate of drug-likeness (QED) is 0.714. The number of rotatable bonds is 5. The van der Waals surface area contributed by atoms with E-state index in [1.165, 1.54) is 23.1 Å². The Balaban J connectivity index is 1.55. The Hall–Kier alpha value is -2.39. The van der Waals surface area contributed by atoms with Crippen molar-refractivity contribution in [2.24, 2.45) is 0 Å². The number of likely N-dealkylation sites (N-methyl/N-ethyl adjacent to an activating group) is 1. The van der Waals surface area contributed by atoms with Crippen LogP contribution >= 0.6 is 23.1 Å². The largest absolute Gasteiger partial charge is 0.316 e. The number of aromatic nitrogens is 1. The summed E-state index contributed by atoms with van der Waals surface area (Å²) in [6.07, 6.45) is 4.40. The Kier molecular flexibility index (Phi) is 6.10. The van der Waals surface area contributed by atoms with Crippen LogP contribution in [0.3, 0.4) is 0 Å². The van der Waals surface area contributed by atoms with Crippen molar-refractivity contribution in [3.63, 3.8) is 0 Å². The molecule has 154 valence electrons. The standard InChI is InChI=1S/C22H23N5OS2/c1-3-18(29-21-14(10-23)9-13-5-4-6-17(13)25-21)20(28)26-22-16(11-24)15-7-8-27(2)12-19(15)30-22/h9,18H,3-8,12H2,1-2H3,(H,26,28). The smallest absolute Gasteiger partial charge is 0.238 e. The number of thioether (sulfide) groups is 1. The number of carbonyl (C=O) groups is 1. The first-order chi connectivity index (χ1) is 14.5. The minimum absolute atomic E-state index is 0.142. The predicted molar refractivity (Wildman–Crippen MR) is 119 cm³/mol. The number of anilines is 1. The summed E-state index contributed by atoms with van der Waals surface area (Å²) in [4.78, 5) is 21.1. The Bertz CT molecular complexity index is 1080. The van der Waals surface area contributed by atoms with Gasteiger partial charge in [-0.25, -0.2) is 4.98 Å². The van der Waals surface area contributed by atoms with Crippen molar-refractivity contribution in [1.82, 2.24) is 9.88 Å². The molecule has 30 heavy (non-hydrogen) atoms. The molecule has 1 unspecified atom stereocenters. The lowest BCUT2D eigenvalue weighted by molar-refractivity contribution is -0.115. The summed E-state index contributed by atoms with van der Waals surface area (Å²) in [5, 5.41) is 23.1. The van der Waals surface area contributed by atoms with Gasteiger partial charge in [-0.2, -0.15) is 10.5 Å². The Morgan fingerprint density at radius 2 is 2.20 bits per heavy atom. The third kappa shape index (κ3) is 3.96. The normalized spacial score (nSPS) is 16.3. The van der Waals surface area contributed by atoms with Crippen LogP contribution in [0.5, 0.6) is 0 Å². The van der Waals surface area contributed by atoms with Crippen molar-refractivity contribution in [3.8, 4) is 12.1 Å². The van der Waals surface area contributed by atoms with Crippen molar-refractivity contribution in [1.29, 1.82) is 10.5 Å². The van der Waals surface area contributed by atoms with E-state index in [4.69, 9.17) is 4.98 Å². The van der Waals surface area contributed by atoms with Gasteiger partial charge in [-0.3, -0.25) is 4.79 Å². The lowest BCUT2D eigenvalue weighted by atomic mass is 10.0. The number of hydrogen-bond donors (Lipinski definition) is 1. The third-order valence-corrected chi connectivity index (χ3v) is 8.15. The number of hydrogen-bond acceptors (Lipinski definition) is 7. The molecule has 0 saturated heterocycles. The molecule has 0 saturated carbocycles. The number of carbonyl (C=O) groups excluding carboxylic acids is 1. The number of aryl methyl sites for hydroxylation is 2. The average molecular weight is 438 g/mol. The molecule has 0 spiro atoms. The summed E-state index contributed by atoms with van der Waals surface area (Å²) in [7, 11) is 2.06. The Labute approximate surface area is 184 Å². The highest BCUT2D eigenvalue weighted by molar-refractivity contribution is 8.00. The summed E-state index contributed by atoms with van der Waals surface area (Å²) in [5.74, 6) is -0.142. The minimum Gasteiger partial charge on any atom is -0.316 e. The zero-order valence-corrected chi connectivity index (χ0v) is 18.8. The van der Waals surface area contributed by atoms with Gasteiger partial charge >= 0.3 is 0 Å². The van der Waals surface area contributed by atoms with Gasteiger partial charge in [0.25, 0.3) is 0 Å². The predicted octanol–water partition coefficient (Wildman–Crippen LogP) is 3.87. The first kappa shape index (κ1) is 20.9. The van der Waals surface area contributed by atoms with E-state index in [1.807, 2.05) is 13.0 Å². The van der Waals surface area contributed by atoms with E-state index in [0.717, 1.165) is 60.5 Å². The molecule has 4 rings (SSSR count). The topological polar surface area (TPSA) is 92.8 Å². The molecule has 1 aliphatic carbocycles. The van der Waals surface area contributed by atoms with Gasteiger partial charge in [-0.05, 0) is 56.3 Å². The maximum absolute atomic E-state index is 13.1. The zero-order chi connectivity index (χ0) is 21.3. The van der Waals surface area contributed by atoms with Crippen LogP contribution in [-0.4, -0.2) is 34.6 Å². The van der Waals surface area contributed by atoms with E-state index in [2.05, 4.69) is 29.4 Å². The number of nitriles is 2. The van der Waals surface area contributed by atoms with Crippen molar-refractivity contribution >= 4 is 34.0 Å². The molecule has 0 aromatic carbocycles. The second-order valence-corrected chi connectivity index (χ2v) is 10.0. The van der Waals surface area contributed by atoms with Crippen LogP contribution in [0.1, 0.15) is 52.6 Å². The molecule has 6 nitrogen and oxygen atoms in total. The highest BCUT2D eigenvalue weighted by Crippen LogP contribution is 2.37. The Morgan fingerprint density at radius 3 is 2.93 bits per heavy atom. The van der Waals surface area contributed by atoms with E-state index in [9.17, 15) is 15.3 Å². The van der Waals surface area contributed by atoms with Crippen molar-refractivity contribution < 1.29 is 4.79 Å². The maximum atomic E-state index is 13.1. The molecule has 3 heterocycles. The first-order valence-corrected chi connectivity index (χ1v) is 11.9. The molecule has 1 aliphatic heterocycles.